The van der Waals surface area contributed by atoms with Gasteiger partial charge in [0.2, 0.25) is 5.13 Å². The van der Waals surface area contributed by atoms with E-state index in [2.05, 4.69) is 10.2 Å². The highest BCUT2D eigenvalue weighted by Crippen LogP contribution is 2.33. The topological polar surface area (TPSA) is 51.8 Å². The molecule has 17 heavy (non-hydrogen) atoms. The summed E-state index contributed by atoms with van der Waals surface area (Å²) in [5, 5.41) is 8.01. The van der Waals surface area contributed by atoms with Crippen LogP contribution in [0, 0.1) is 0 Å². The number of aromatic nitrogens is 2. The van der Waals surface area contributed by atoms with Crippen LogP contribution in [0.3, 0.4) is 0 Å². The van der Waals surface area contributed by atoms with Crippen LogP contribution in [0.25, 0.3) is 0 Å². The first-order valence-electron chi connectivity index (χ1n) is 4.70. The number of rotatable bonds is 2. The second kappa shape index (κ2) is 4.33. The molecule has 0 saturated carbocycles. The van der Waals surface area contributed by atoms with E-state index in [4.69, 9.17) is 5.73 Å². The molecule has 1 aromatic carbocycles. The van der Waals surface area contributed by atoms with Crippen molar-refractivity contribution in [1.82, 2.24) is 10.2 Å². The molecule has 3 nitrogen and oxygen atoms in total. The quantitative estimate of drug-likeness (QED) is 0.902. The number of benzene rings is 1. The van der Waals surface area contributed by atoms with Gasteiger partial charge in [-0.25, -0.2) is 0 Å². The predicted octanol–water partition coefficient (Wildman–Crippen LogP) is 2.73. The molecule has 90 valence electrons. The molecule has 0 spiro atoms. The van der Waals surface area contributed by atoms with E-state index in [9.17, 15) is 13.2 Å². The second-order valence-electron chi connectivity index (χ2n) is 3.37. The van der Waals surface area contributed by atoms with Crippen molar-refractivity contribution in [2.45, 2.75) is 12.6 Å². The zero-order chi connectivity index (χ0) is 12.5. The molecule has 0 amide bonds. The Morgan fingerprint density at radius 1 is 1.18 bits per heavy atom. The van der Waals surface area contributed by atoms with E-state index in [1.807, 2.05) is 0 Å². The maximum Gasteiger partial charge on any atom is 0.416 e. The van der Waals surface area contributed by atoms with Gasteiger partial charge in [-0.05, 0) is 11.6 Å². The molecule has 2 aromatic rings. The van der Waals surface area contributed by atoms with Gasteiger partial charge < -0.3 is 5.73 Å². The minimum absolute atomic E-state index is 0.0878. The van der Waals surface area contributed by atoms with Crippen LogP contribution in [-0.2, 0) is 12.6 Å². The Balaban J connectivity index is 2.33. The molecule has 0 atom stereocenters. The molecular weight excluding hydrogens is 251 g/mol. The van der Waals surface area contributed by atoms with Crippen molar-refractivity contribution >= 4 is 16.5 Å². The third kappa shape index (κ3) is 2.73. The zero-order valence-corrected chi connectivity index (χ0v) is 9.35. The summed E-state index contributed by atoms with van der Waals surface area (Å²) in [7, 11) is 0. The molecule has 0 fully saturated rings. The van der Waals surface area contributed by atoms with Crippen molar-refractivity contribution in [3.8, 4) is 0 Å². The van der Waals surface area contributed by atoms with Crippen molar-refractivity contribution in [3.05, 3.63) is 40.4 Å². The fraction of sp³-hybridized carbons (Fsp3) is 0.200. The summed E-state index contributed by atoms with van der Waals surface area (Å²) in [6.07, 6.45) is -4.27. The maximum atomic E-state index is 12.7. The van der Waals surface area contributed by atoms with Crippen LogP contribution in [0.1, 0.15) is 16.1 Å². The van der Waals surface area contributed by atoms with Gasteiger partial charge in [0.25, 0.3) is 0 Å². The third-order valence-electron chi connectivity index (χ3n) is 2.15. The van der Waals surface area contributed by atoms with Gasteiger partial charge in [-0.1, -0.05) is 29.5 Å². The van der Waals surface area contributed by atoms with Gasteiger partial charge in [0.15, 0.2) is 0 Å². The molecule has 2 rings (SSSR count). The van der Waals surface area contributed by atoms with E-state index in [1.165, 1.54) is 12.1 Å². The SMILES string of the molecule is Nc1nnc(Cc2ccccc2C(F)(F)F)s1. The van der Waals surface area contributed by atoms with Crippen molar-refractivity contribution in [1.29, 1.82) is 0 Å². The summed E-state index contributed by atoms with van der Waals surface area (Å²) < 4.78 is 38.1. The maximum absolute atomic E-state index is 12.7. The first-order valence-corrected chi connectivity index (χ1v) is 5.51. The monoisotopic (exact) mass is 259 g/mol. The highest BCUT2D eigenvalue weighted by atomic mass is 32.1. The Labute approximate surface area is 99.1 Å². The first-order chi connectivity index (χ1) is 7.97. The molecule has 0 radical (unpaired) electrons. The van der Waals surface area contributed by atoms with Gasteiger partial charge >= 0.3 is 6.18 Å². The molecule has 0 bridgehead atoms. The molecule has 1 heterocycles. The van der Waals surface area contributed by atoms with E-state index in [0.717, 1.165) is 17.4 Å². The molecule has 1 aromatic heterocycles. The molecule has 0 aliphatic heterocycles. The molecule has 0 saturated heterocycles. The predicted molar refractivity (Wildman–Crippen MR) is 58.6 cm³/mol. The van der Waals surface area contributed by atoms with Gasteiger partial charge in [0.1, 0.15) is 5.01 Å². The summed E-state index contributed by atoms with van der Waals surface area (Å²) in [4.78, 5) is 0. The number of anilines is 1. The van der Waals surface area contributed by atoms with Gasteiger partial charge in [0.05, 0.1) is 5.56 Å². The van der Waals surface area contributed by atoms with Crippen LogP contribution in [0.4, 0.5) is 18.3 Å². The second-order valence-corrected chi connectivity index (χ2v) is 4.46. The largest absolute Gasteiger partial charge is 0.416 e. The Hall–Kier alpha value is -1.63. The summed E-state index contributed by atoms with van der Waals surface area (Å²) in [5.74, 6) is 0. The lowest BCUT2D eigenvalue weighted by atomic mass is 10.0. The van der Waals surface area contributed by atoms with E-state index in [1.54, 1.807) is 6.07 Å². The van der Waals surface area contributed by atoms with E-state index in [0.29, 0.717) is 5.01 Å². The lowest BCUT2D eigenvalue weighted by Crippen LogP contribution is -2.09. The van der Waals surface area contributed by atoms with Gasteiger partial charge in [0, 0.05) is 6.42 Å². The molecular formula is C10H8F3N3S. The lowest BCUT2D eigenvalue weighted by molar-refractivity contribution is -0.138. The highest BCUT2D eigenvalue weighted by Gasteiger charge is 2.32. The van der Waals surface area contributed by atoms with Crippen LogP contribution >= 0.6 is 11.3 Å². The standard InChI is InChI=1S/C10H8F3N3S/c11-10(12,13)7-4-2-1-3-6(7)5-8-15-16-9(14)17-8/h1-4H,5H2,(H2,14,16). The average molecular weight is 259 g/mol. The van der Waals surface area contributed by atoms with Gasteiger partial charge in [-0.3, -0.25) is 0 Å². The van der Waals surface area contributed by atoms with E-state index in [-0.39, 0.29) is 17.1 Å². The summed E-state index contributed by atoms with van der Waals surface area (Å²) in [6, 6.07) is 5.41. The number of nitrogens with zero attached hydrogens (tertiary/aromatic N) is 2. The van der Waals surface area contributed by atoms with Crippen LogP contribution < -0.4 is 5.73 Å². The summed E-state index contributed by atoms with van der Waals surface area (Å²) >= 11 is 1.09. The first kappa shape index (κ1) is 11.8. The zero-order valence-electron chi connectivity index (χ0n) is 8.53. The lowest BCUT2D eigenvalue weighted by Gasteiger charge is -2.11. The normalized spacial score (nSPS) is 11.7. The van der Waals surface area contributed by atoms with Crippen molar-refractivity contribution < 1.29 is 13.2 Å². The Bertz CT molecular complexity index is 522. The number of halogens is 3. The number of nitrogens with two attached hydrogens (primary N) is 1. The molecule has 7 heteroatoms. The smallest absolute Gasteiger partial charge is 0.374 e. The molecule has 0 unspecified atom stereocenters. The van der Waals surface area contributed by atoms with Crippen molar-refractivity contribution in [2.24, 2.45) is 0 Å². The Morgan fingerprint density at radius 3 is 2.47 bits per heavy atom. The summed E-state index contributed by atoms with van der Waals surface area (Å²) in [6.45, 7) is 0. The van der Waals surface area contributed by atoms with Crippen LogP contribution in [0.15, 0.2) is 24.3 Å². The highest BCUT2D eigenvalue weighted by molar-refractivity contribution is 7.15. The minimum Gasteiger partial charge on any atom is -0.374 e. The fourth-order valence-corrected chi connectivity index (χ4v) is 2.08. The Morgan fingerprint density at radius 2 is 1.88 bits per heavy atom. The van der Waals surface area contributed by atoms with Gasteiger partial charge in [-0.15, -0.1) is 10.2 Å². The molecule has 0 aliphatic carbocycles. The van der Waals surface area contributed by atoms with E-state index >= 15 is 0 Å². The molecule has 0 aliphatic rings. The number of alkyl halides is 3. The van der Waals surface area contributed by atoms with Gasteiger partial charge in [-0.2, -0.15) is 13.2 Å². The van der Waals surface area contributed by atoms with Crippen molar-refractivity contribution in [2.75, 3.05) is 5.73 Å². The third-order valence-corrected chi connectivity index (χ3v) is 2.90. The summed E-state index contributed by atoms with van der Waals surface area (Å²) in [5.41, 5.74) is 4.91. The number of nitrogen functional groups attached to an aromatic ring is 1. The number of hydrogen-bond acceptors (Lipinski definition) is 4. The fourth-order valence-electron chi connectivity index (χ4n) is 1.45. The Kier molecular flexibility index (Phi) is 3.01. The minimum atomic E-state index is -4.35. The molecule has 2 N–H and O–H groups in total. The number of hydrogen-bond donors (Lipinski definition) is 1. The van der Waals surface area contributed by atoms with E-state index < -0.39 is 11.7 Å². The van der Waals surface area contributed by atoms with Crippen LogP contribution in [-0.4, -0.2) is 10.2 Å². The average Bonchev–Trinajstić information content (AvgIpc) is 2.63. The van der Waals surface area contributed by atoms with Crippen LogP contribution in [0.5, 0.6) is 0 Å². The van der Waals surface area contributed by atoms with Crippen molar-refractivity contribution in [3.63, 3.8) is 0 Å². The van der Waals surface area contributed by atoms with Crippen LogP contribution in [0.2, 0.25) is 0 Å².